The van der Waals surface area contributed by atoms with Crippen LogP contribution in [0.4, 0.5) is 0 Å². The Balaban J connectivity index is 1.81. The van der Waals surface area contributed by atoms with Gasteiger partial charge in [-0.15, -0.1) is 0 Å². The van der Waals surface area contributed by atoms with Gasteiger partial charge in [-0.1, -0.05) is 19.1 Å². The highest BCUT2D eigenvalue weighted by atomic mass is 16.2. The molecule has 1 fully saturated rings. The second-order valence-electron chi connectivity index (χ2n) is 7.01. The summed E-state index contributed by atoms with van der Waals surface area (Å²) in [6.07, 6.45) is 3.77. The van der Waals surface area contributed by atoms with Gasteiger partial charge in [0.1, 0.15) is 0 Å². The fourth-order valence-corrected chi connectivity index (χ4v) is 3.28. The van der Waals surface area contributed by atoms with Crippen molar-refractivity contribution in [2.45, 2.75) is 38.8 Å². The highest BCUT2D eigenvalue weighted by Gasteiger charge is 2.20. The Morgan fingerprint density at radius 2 is 1.85 bits per heavy atom. The van der Waals surface area contributed by atoms with E-state index in [1.807, 2.05) is 24.3 Å². The Morgan fingerprint density at radius 3 is 2.38 bits per heavy atom. The summed E-state index contributed by atoms with van der Waals surface area (Å²) < 4.78 is 0. The maximum Gasteiger partial charge on any atom is 0.253 e. The van der Waals surface area contributed by atoms with E-state index < -0.39 is 0 Å². The molecule has 6 nitrogen and oxygen atoms in total. The van der Waals surface area contributed by atoms with E-state index in [9.17, 15) is 4.79 Å². The number of guanidine groups is 1. The Bertz CT molecular complexity index is 591. The highest BCUT2D eigenvalue weighted by Crippen LogP contribution is 2.13. The van der Waals surface area contributed by atoms with E-state index in [-0.39, 0.29) is 5.91 Å². The van der Waals surface area contributed by atoms with Crippen LogP contribution in [0.1, 0.15) is 42.1 Å². The maximum absolute atomic E-state index is 11.9. The number of carbonyl (C=O) groups excluding carboxylic acids is 1. The standard InChI is InChI=1S/C20H33N5O/c1-5-18(25-12-6-7-13-25)15-23-20(21-2)22-14-16-8-10-17(11-9-16)19(26)24(3)4/h8-11,18H,5-7,12-15H2,1-4H3,(H2,21,22,23). The number of nitrogens with zero attached hydrogens (tertiary/aromatic N) is 3. The maximum atomic E-state index is 11.9. The van der Waals surface area contributed by atoms with Gasteiger partial charge >= 0.3 is 0 Å². The normalized spacial score (nSPS) is 16.4. The van der Waals surface area contributed by atoms with Gasteiger partial charge in [0.05, 0.1) is 0 Å². The molecule has 2 N–H and O–H groups in total. The number of likely N-dealkylation sites (tertiary alicyclic amines) is 1. The molecule has 1 unspecified atom stereocenters. The van der Waals surface area contributed by atoms with E-state index >= 15 is 0 Å². The second-order valence-corrected chi connectivity index (χ2v) is 7.01. The number of nitrogens with one attached hydrogen (secondary N) is 2. The molecule has 1 saturated heterocycles. The summed E-state index contributed by atoms with van der Waals surface area (Å²) in [4.78, 5) is 20.4. The summed E-state index contributed by atoms with van der Waals surface area (Å²) in [7, 11) is 5.32. The lowest BCUT2D eigenvalue weighted by Crippen LogP contribution is -2.46. The van der Waals surface area contributed by atoms with Crippen molar-refractivity contribution in [3.63, 3.8) is 0 Å². The van der Waals surface area contributed by atoms with Crippen molar-refractivity contribution in [2.24, 2.45) is 4.99 Å². The molecule has 1 aliphatic rings. The minimum atomic E-state index is 0.0227. The van der Waals surface area contributed by atoms with Crippen LogP contribution < -0.4 is 10.6 Å². The van der Waals surface area contributed by atoms with Crippen molar-refractivity contribution >= 4 is 11.9 Å². The van der Waals surface area contributed by atoms with Crippen molar-refractivity contribution in [3.05, 3.63) is 35.4 Å². The molecule has 1 aromatic carbocycles. The van der Waals surface area contributed by atoms with Gasteiger partial charge in [-0.3, -0.25) is 14.7 Å². The molecule has 1 heterocycles. The molecule has 0 spiro atoms. The summed E-state index contributed by atoms with van der Waals surface area (Å²) in [6.45, 7) is 6.26. The zero-order valence-corrected chi connectivity index (χ0v) is 16.6. The third-order valence-corrected chi connectivity index (χ3v) is 4.92. The Kier molecular flexibility index (Phi) is 7.91. The first-order valence-corrected chi connectivity index (χ1v) is 9.54. The molecule has 0 aliphatic carbocycles. The third kappa shape index (κ3) is 5.73. The van der Waals surface area contributed by atoms with Crippen LogP contribution in [0.2, 0.25) is 0 Å². The number of aliphatic imine (C=N–C) groups is 1. The Labute approximate surface area is 157 Å². The van der Waals surface area contributed by atoms with Gasteiger partial charge < -0.3 is 15.5 Å². The fraction of sp³-hybridized carbons (Fsp3) is 0.600. The molecular weight excluding hydrogens is 326 g/mol. The third-order valence-electron chi connectivity index (χ3n) is 4.92. The molecule has 0 radical (unpaired) electrons. The SMILES string of the molecule is CCC(CNC(=NC)NCc1ccc(C(=O)N(C)C)cc1)N1CCCC1. The Hall–Kier alpha value is -2.08. The van der Waals surface area contributed by atoms with Gasteiger partial charge in [-0.25, -0.2) is 0 Å². The van der Waals surface area contributed by atoms with Gasteiger partial charge in [-0.2, -0.15) is 0 Å². The van der Waals surface area contributed by atoms with E-state index in [4.69, 9.17) is 0 Å². The molecule has 0 saturated carbocycles. The van der Waals surface area contributed by atoms with E-state index in [0.29, 0.717) is 18.2 Å². The van der Waals surface area contributed by atoms with E-state index in [0.717, 1.165) is 24.5 Å². The number of rotatable bonds is 7. The summed E-state index contributed by atoms with van der Waals surface area (Å²) in [5.74, 6) is 0.839. The van der Waals surface area contributed by atoms with E-state index in [1.165, 1.54) is 25.9 Å². The summed E-state index contributed by atoms with van der Waals surface area (Å²) in [5.41, 5.74) is 1.83. The smallest absolute Gasteiger partial charge is 0.253 e. The fourth-order valence-electron chi connectivity index (χ4n) is 3.28. The molecule has 2 rings (SSSR count). The minimum Gasteiger partial charge on any atom is -0.355 e. The molecule has 26 heavy (non-hydrogen) atoms. The second kappa shape index (κ2) is 10.2. The average Bonchev–Trinajstić information content (AvgIpc) is 3.19. The van der Waals surface area contributed by atoms with Gasteiger partial charge in [0.2, 0.25) is 0 Å². The monoisotopic (exact) mass is 359 g/mol. The first-order chi connectivity index (χ1) is 12.5. The first kappa shape index (κ1) is 20.2. The highest BCUT2D eigenvalue weighted by molar-refractivity contribution is 5.93. The molecule has 144 valence electrons. The molecule has 1 atom stereocenters. The molecule has 1 aliphatic heterocycles. The van der Waals surface area contributed by atoms with Gasteiger partial charge in [0, 0.05) is 45.8 Å². The molecule has 1 amide bonds. The summed E-state index contributed by atoms with van der Waals surface area (Å²) >= 11 is 0. The van der Waals surface area contributed by atoms with Crippen LogP contribution in [-0.4, -0.2) is 68.5 Å². The van der Waals surface area contributed by atoms with Gasteiger partial charge in [0.25, 0.3) is 5.91 Å². The summed E-state index contributed by atoms with van der Waals surface area (Å²) in [6, 6.07) is 8.27. The zero-order valence-electron chi connectivity index (χ0n) is 16.6. The van der Waals surface area contributed by atoms with Crippen LogP contribution >= 0.6 is 0 Å². The number of amides is 1. The summed E-state index contributed by atoms with van der Waals surface area (Å²) in [5, 5.41) is 6.80. The van der Waals surface area contributed by atoms with Gasteiger partial charge in [-0.05, 0) is 50.0 Å². The molecule has 1 aromatic rings. The largest absolute Gasteiger partial charge is 0.355 e. The molecule has 6 heteroatoms. The van der Waals surface area contributed by atoms with Crippen molar-refractivity contribution in [1.29, 1.82) is 0 Å². The molecular formula is C20H33N5O. The molecule has 0 aromatic heterocycles. The number of hydrogen-bond donors (Lipinski definition) is 2. The van der Waals surface area contributed by atoms with Crippen molar-refractivity contribution in [1.82, 2.24) is 20.4 Å². The van der Waals surface area contributed by atoms with Crippen LogP contribution in [0.3, 0.4) is 0 Å². The average molecular weight is 360 g/mol. The predicted molar refractivity (Wildman–Crippen MR) is 108 cm³/mol. The lowest BCUT2D eigenvalue weighted by atomic mass is 10.1. The van der Waals surface area contributed by atoms with Crippen molar-refractivity contribution in [3.8, 4) is 0 Å². The van der Waals surface area contributed by atoms with E-state index in [2.05, 4.69) is 27.4 Å². The van der Waals surface area contributed by atoms with Crippen LogP contribution in [0.5, 0.6) is 0 Å². The number of hydrogen-bond acceptors (Lipinski definition) is 3. The van der Waals surface area contributed by atoms with Crippen LogP contribution in [0.15, 0.2) is 29.3 Å². The van der Waals surface area contributed by atoms with Crippen molar-refractivity contribution in [2.75, 3.05) is 40.8 Å². The van der Waals surface area contributed by atoms with Gasteiger partial charge in [0.15, 0.2) is 5.96 Å². The van der Waals surface area contributed by atoms with Crippen LogP contribution in [-0.2, 0) is 6.54 Å². The lowest BCUT2D eigenvalue weighted by Gasteiger charge is -2.27. The molecule has 0 bridgehead atoms. The predicted octanol–water partition coefficient (Wildman–Crippen LogP) is 1.93. The van der Waals surface area contributed by atoms with Crippen LogP contribution in [0.25, 0.3) is 0 Å². The zero-order chi connectivity index (χ0) is 18.9. The topological polar surface area (TPSA) is 60.0 Å². The first-order valence-electron chi connectivity index (χ1n) is 9.54. The van der Waals surface area contributed by atoms with Crippen LogP contribution in [0, 0.1) is 0 Å². The van der Waals surface area contributed by atoms with E-state index in [1.54, 1.807) is 26.0 Å². The quantitative estimate of drug-likeness (QED) is 0.577. The number of carbonyl (C=O) groups is 1. The lowest BCUT2D eigenvalue weighted by molar-refractivity contribution is 0.0827. The van der Waals surface area contributed by atoms with Crippen molar-refractivity contribution < 1.29 is 4.79 Å². The Morgan fingerprint density at radius 1 is 1.19 bits per heavy atom. The minimum absolute atomic E-state index is 0.0227. The number of benzene rings is 1.